The van der Waals surface area contributed by atoms with Gasteiger partial charge in [-0.3, -0.25) is 0 Å². The molecule has 3 aliphatic carbocycles. The number of anilines is 2. The molecule has 2 aliphatic heterocycles. The van der Waals surface area contributed by atoms with Crippen molar-refractivity contribution in [2.75, 3.05) is 36.0 Å². The van der Waals surface area contributed by atoms with Gasteiger partial charge < -0.3 is 24.8 Å². The van der Waals surface area contributed by atoms with Crippen LogP contribution in [0.2, 0.25) is 0 Å². The normalized spacial score (nSPS) is 18.4. The fourth-order valence-electron chi connectivity index (χ4n) is 12.5. The van der Waals surface area contributed by atoms with Crippen molar-refractivity contribution in [2.45, 2.75) is 139 Å². The summed E-state index contributed by atoms with van der Waals surface area (Å²) in [4.78, 5) is 10.9. The summed E-state index contributed by atoms with van der Waals surface area (Å²) in [5.74, 6) is 0. The third kappa shape index (κ3) is 14.3. The Morgan fingerprint density at radius 2 is 0.662 bits per heavy atom. The van der Waals surface area contributed by atoms with Crippen LogP contribution in [0.3, 0.4) is 0 Å². The third-order valence-corrected chi connectivity index (χ3v) is 27.2. The summed E-state index contributed by atoms with van der Waals surface area (Å²) in [6.07, 6.45) is 25.8. The Labute approximate surface area is 461 Å². The number of benzene rings is 6. The summed E-state index contributed by atoms with van der Waals surface area (Å²) in [5, 5.41) is 0. The molecule has 0 radical (unpaired) electrons. The minimum absolute atomic E-state index is 0. The molecular formula is C66H81Cl2N4PRu. The van der Waals surface area contributed by atoms with Gasteiger partial charge >= 0.3 is 318 Å². The predicted octanol–water partition coefficient (Wildman–Crippen LogP) is 9.32. The molecule has 5 fully saturated rings. The number of rotatable bonds is 11. The molecule has 392 valence electrons. The largest absolute Gasteiger partial charge is 1.00 e. The van der Waals surface area contributed by atoms with E-state index in [1.54, 1.807) is 77.0 Å². The molecule has 0 unspecified atom stereocenters. The molecule has 0 atom stereocenters. The van der Waals surface area contributed by atoms with E-state index in [9.17, 15) is 0 Å². The molecule has 2 saturated heterocycles. The molecule has 0 amide bonds. The van der Waals surface area contributed by atoms with Crippen LogP contribution < -0.4 is 34.6 Å². The Balaban J connectivity index is 0.000000292. The zero-order valence-electron chi connectivity index (χ0n) is 43.8. The molecule has 5 aliphatic rings. The molecule has 74 heavy (non-hydrogen) atoms. The second-order valence-corrected chi connectivity index (χ2v) is 29.6. The SMILES string of the molecule is C1CCC(P(C2CCCCC2)C2CCCCC2)CC1.[CH](c1ccccc1)=[Ru+2](=[CH]c1ccccc1)(=[C]1N(Cc2ccccc2)CCCN1Cc1ccccc1)=[C]1N(c2ccccc2)CCCN1c1ccccc1.[Cl-].[Cl-]. The van der Waals surface area contributed by atoms with Crippen LogP contribution >= 0.6 is 7.92 Å². The van der Waals surface area contributed by atoms with Crippen LogP contribution in [-0.2, 0) is 26.1 Å². The Hall–Kier alpha value is -4.05. The zero-order valence-corrected chi connectivity index (χ0v) is 48.0. The van der Waals surface area contributed by atoms with Gasteiger partial charge in [-0.1, -0.05) is 65.7 Å². The minimum atomic E-state index is -3.65. The van der Waals surface area contributed by atoms with Crippen molar-refractivity contribution in [1.82, 2.24) is 9.80 Å². The number of nitrogens with zero attached hydrogens (tertiary/aromatic N) is 4. The maximum absolute atomic E-state index is 3.65. The number of hydrogen-bond donors (Lipinski definition) is 0. The molecule has 0 N–H and O–H groups in total. The van der Waals surface area contributed by atoms with Gasteiger partial charge in [-0.25, -0.2) is 0 Å². The first kappa shape index (κ1) is 56.2. The molecule has 0 bridgehead atoms. The summed E-state index contributed by atoms with van der Waals surface area (Å²) in [6.45, 7) is 5.65. The van der Waals surface area contributed by atoms with Crippen LogP contribution in [0.5, 0.6) is 0 Å². The zero-order chi connectivity index (χ0) is 48.6. The van der Waals surface area contributed by atoms with Gasteiger partial charge in [0.05, 0.1) is 0 Å². The van der Waals surface area contributed by atoms with Crippen LogP contribution in [0.25, 0.3) is 0 Å². The van der Waals surface area contributed by atoms with Crippen LogP contribution in [-0.4, -0.2) is 70.9 Å². The van der Waals surface area contributed by atoms with Crippen molar-refractivity contribution < 1.29 is 37.8 Å². The number of hydrogen-bond acceptors (Lipinski definition) is 4. The van der Waals surface area contributed by atoms with Gasteiger partial charge in [0.2, 0.25) is 0 Å². The molecule has 8 heteroatoms. The summed E-state index contributed by atoms with van der Waals surface area (Å²) in [6, 6.07) is 66.8. The standard InChI is InChI=1S/C18H20N2.C18H33P.C16H16N2.2C7H6.2ClH.Ru/c1-3-8-17(9-4-1)14-19-12-7-13-20(16-19)15-18-10-5-2-6-11-18;1-4-10-16(11-5-1)19(17-12-6-2-7-13-17)18-14-8-3-9-15-18;1-3-8-15(9-4-1)17-12-7-13-18(14-17)16-10-5-2-6-11-16;2*1-7-5-3-2-4-6-7;;;/h1-6,8-11H,7,12-15H2;16-18H,1-15H2;1-6,8-11H,7,12-13H2;2*1-6H;2*1H;/q;;;;;;;+2/p-2. The first-order chi connectivity index (χ1) is 35.7. The fraction of sp³-hybridized carbons (Fsp3) is 0.394. The molecule has 6 aromatic rings. The van der Waals surface area contributed by atoms with Crippen molar-refractivity contribution in [3.63, 3.8) is 0 Å². The summed E-state index contributed by atoms with van der Waals surface area (Å²) < 4.78 is 8.36. The van der Waals surface area contributed by atoms with Gasteiger partial charge in [-0.2, -0.15) is 0 Å². The van der Waals surface area contributed by atoms with Gasteiger partial charge in [-0.05, 0) is 55.5 Å². The maximum Gasteiger partial charge on any atom is -1.00 e. The van der Waals surface area contributed by atoms with Crippen LogP contribution in [0.15, 0.2) is 182 Å². The number of para-hydroxylation sites is 2. The topological polar surface area (TPSA) is 13.0 Å². The van der Waals surface area contributed by atoms with Crippen molar-refractivity contribution in [3.8, 4) is 0 Å². The van der Waals surface area contributed by atoms with Crippen molar-refractivity contribution in [3.05, 3.63) is 204 Å². The second kappa shape index (κ2) is 28.9. The monoisotopic (exact) mass is 1130 g/mol. The average molecular weight is 1130 g/mol. The van der Waals surface area contributed by atoms with Crippen LogP contribution in [0.1, 0.15) is 131 Å². The van der Waals surface area contributed by atoms with Gasteiger partial charge in [0, 0.05) is 0 Å². The minimum Gasteiger partial charge on any atom is -1.00 e. The fourth-order valence-corrected chi connectivity index (χ4v) is 26.0. The van der Waals surface area contributed by atoms with E-state index in [4.69, 9.17) is 0 Å². The molecular weight excluding hydrogens is 1050 g/mol. The summed E-state index contributed by atoms with van der Waals surface area (Å²) in [5.41, 5.74) is 11.3. The van der Waals surface area contributed by atoms with E-state index in [1.165, 1.54) is 78.6 Å². The first-order valence-electron chi connectivity index (χ1n) is 28.0. The average Bonchev–Trinajstić information content (AvgIpc) is 3.47. The van der Waals surface area contributed by atoms with Crippen molar-refractivity contribution >= 4 is 37.2 Å². The quantitative estimate of drug-likeness (QED) is 0.0949. The summed E-state index contributed by atoms with van der Waals surface area (Å²) >= 11 is -3.65. The summed E-state index contributed by atoms with van der Waals surface area (Å²) in [7, 11) is 0.385. The predicted molar refractivity (Wildman–Crippen MR) is 311 cm³/mol. The Morgan fingerprint density at radius 3 is 1.01 bits per heavy atom. The van der Waals surface area contributed by atoms with E-state index in [2.05, 4.69) is 211 Å². The maximum atomic E-state index is 2.76. The molecule has 6 aromatic carbocycles. The van der Waals surface area contributed by atoms with E-state index in [-0.39, 0.29) is 24.8 Å². The Kier molecular flexibility index (Phi) is 21.9. The molecule has 3 saturated carbocycles. The first-order valence-corrected chi connectivity index (χ1v) is 33.3. The molecule has 0 spiro atoms. The molecule has 4 nitrogen and oxygen atoms in total. The third-order valence-electron chi connectivity index (χ3n) is 15.8. The molecule has 2 heterocycles. The Bertz CT molecular complexity index is 2680. The molecule has 0 aromatic heterocycles. The smallest absolute Gasteiger partial charge is 1.00 e. The van der Waals surface area contributed by atoms with Gasteiger partial charge in [-0.15, -0.1) is 0 Å². The van der Waals surface area contributed by atoms with Gasteiger partial charge in [0.1, 0.15) is 0 Å². The van der Waals surface area contributed by atoms with E-state index < -0.39 is 13.0 Å². The van der Waals surface area contributed by atoms with Crippen molar-refractivity contribution in [1.29, 1.82) is 0 Å². The number of halogens is 2. The second-order valence-electron chi connectivity index (χ2n) is 21.0. The van der Waals surface area contributed by atoms with Crippen LogP contribution in [0, 0.1) is 0 Å². The van der Waals surface area contributed by atoms with E-state index in [1.807, 2.05) is 0 Å². The van der Waals surface area contributed by atoms with Gasteiger partial charge in [0.25, 0.3) is 0 Å². The van der Waals surface area contributed by atoms with Crippen molar-refractivity contribution in [2.24, 2.45) is 0 Å². The van der Waals surface area contributed by atoms with E-state index in [0.717, 1.165) is 52.1 Å². The Morgan fingerprint density at radius 1 is 0.351 bits per heavy atom. The van der Waals surface area contributed by atoms with Gasteiger partial charge in [0.15, 0.2) is 0 Å². The molecule has 11 rings (SSSR count). The van der Waals surface area contributed by atoms with E-state index in [0.29, 0.717) is 7.92 Å². The van der Waals surface area contributed by atoms with E-state index >= 15 is 0 Å². The van der Waals surface area contributed by atoms with Crippen LogP contribution in [0.4, 0.5) is 11.4 Å².